The Kier molecular flexibility index (Phi) is 2.63. The maximum Gasteiger partial charge on any atom is 0.277 e. The summed E-state index contributed by atoms with van der Waals surface area (Å²) >= 11 is 20.6. The molecule has 3 nitrogen and oxygen atoms in total. The summed E-state index contributed by atoms with van der Waals surface area (Å²) in [6.45, 7) is 0. The third kappa shape index (κ3) is 1.71. The average Bonchev–Trinajstić information content (AvgIpc) is 2.05. The maximum absolute atomic E-state index is 11.1. The van der Waals surface area contributed by atoms with Crippen LogP contribution in [0.5, 0.6) is 0 Å². The predicted octanol–water partition coefficient (Wildman–Crippen LogP) is 1.44. The normalized spacial score (nSPS) is 19.2. The topological polar surface area (TPSA) is 37.4 Å². The van der Waals surface area contributed by atoms with Crippen LogP contribution in [0.4, 0.5) is 0 Å². The van der Waals surface area contributed by atoms with Crippen molar-refractivity contribution >= 4 is 63.7 Å². The maximum atomic E-state index is 11.1. The Morgan fingerprint density at radius 2 is 1.83 bits per heavy atom. The third-order valence-electron chi connectivity index (χ3n) is 1.26. The zero-order valence-electron chi connectivity index (χ0n) is 5.51. The molecule has 1 heterocycles. The van der Waals surface area contributed by atoms with Crippen LogP contribution in [0.1, 0.15) is 6.42 Å². The lowest BCUT2D eigenvalue weighted by Gasteiger charge is -2.21. The number of imide groups is 1. The summed E-state index contributed by atoms with van der Waals surface area (Å²) in [5, 5.41) is 0. The number of alkyl halides is 3. The van der Waals surface area contributed by atoms with Crippen LogP contribution in [-0.2, 0) is 9.59 Å². The number of thiocarbonyl (C=S) groups is 1. The van der Waals surface area contributed by atoms with Crippen LogP contribution < -0.4 is 0 Å². The molecule has 0 aromatic rings. The number of hydrogen-bond acceptors (Lipinski definition) is 3. The first-order valence-electron chi connectivity index (χ1n) is 2.81. The van der Waals surface area contributed by atoms with Crippen molar-refractivity contribution in [2.45, 2.75) is 10.3 Å². The minimum absolute atomic E-state index is 0.0219. The Balaban J connectivity index is 3.00. The van der Waals surface area contributed by atoms with Gasteiger partial charge in [-0.05, 0) is 0 Å². The molecule has 0 saturated carbocycles. The highest BCUT2D eigenvalue weighted by molar-refractivity contribution is 7.82. The Hall–Kier alpha value is 0.1000. The molecule has 0 spiro atoms. The van der Waals surface area contributed by atoms with E-state index in [1.54, 1.807) is 0 Å². The molecule has 0 N–H and O–H groups in total. The fourth-order valence-electron chi connectivity index (χ4n) is 0.787. The van der Waals surface area contributed by atoms with Gasteiger partial charge in [0.1, 0.15) is 0 Å². The Morgan fingerprint density at radius 1 is 1.33 bits per heavy atom. The molecule has 66 valence electrons. The van der Waals surface area contributed by atoms with Gasteiger partial charge in [0.25, 0.3) is 9.82 Å². The van der Waals surface area contributed by atoms with Gasteiger partial charge in [0.15, 0.2) is 0 Å². The van der Waals surface area contributed by atoms with Gasteiger partial charge in [0.05, 0.1) is 11.3 Å². The van der Waals surface area contributed by atoms with E-state index in [0.717, 1.165) is 0 Å². The lowest BCUT2D eigenvalue weighted by atomic mass is 10.4. The second-order valence-corrected chi connectivity index (χ2v) is 4.82. The van der Waals surface area contributed by atoms with Gasteiger partial charge >= 0.3 is 0 Å². The van der Waals surface area contributed by atoms with Crippen LogP contribution in [0.2, 0.25) is 0 Å². The van der Waals surface area contributed by atoms with Gasteiger partial charge in [-0.1, -0.05) is 47.0 Å². The Bertz CT molecular complexity index is 272. The molecule has 1 rings (SSSR count). The molecule has 0 aromatic carbocycles. The van der Waals surface area contributed by atoms with Gasteiger partial charge in [-0.2, -0.15) is 0 Å². The standard InChI is InChI=1S/C5H2Cl3NO2S/c6-5(7,8)9-3(10)1-2(12)4(9)11/h1H2. The molecule has 0 bridgehead atoms. The van der Waals surface area contributed by atoms with Crippen molar-refractivity contribution in [2.24, 2.45) is 0 Å². The molecule has 1 aliphatic rings. The van der Waals surface area contributed by atoms with Crippen molar-refractivity contribution in [1.82, 2.24) is 4.90 Å². The van der Waals surface area contributed by atoms with Crippen molar-refractivity contribution in [1.29, 1.82) is 0 Å². The molecular weight excluding hydrogens is 244 g/mol. The summed E-state index contributed by atoms with van der Waals surface area (Å²) in [7, 11) is 0. The van der Waals surface area contributed by atoms with Crippen LogP contribution in [0.15, 0.2) is 0 Å². The summed E-state index contributed by atoms with van der Waals surface area (Å²) in [6.07, 6.45) is -0.151. The minimum atomic E-state index is -2.03. The Labute approximate surface area is 88.5 Å². The molecule has 1 aliphatic heterocycles. The number of rotatable bonds is 0. The molecular formula is C5H2Cl3NO2S. The molecule has 1 fully saturated rings. The predicted molar refractivity (Wildman–Crippen MR) is 49.4 cm³/mol. The Morgan fingerprint density at radius 3 is 2.00 bits per heavy atom. The number of hydrogen-bond donors (Lipinski definition) is 0. The molecule has 0 radical (unpaired) electrons. The van der Waals surface area contributed by atoms with Crippen molar-refractivity contribution in [2.75, 3.05) is 0 Å². The minimum Gasteiger partial charge on any atom is -0.274 e. The van der Waals surface area contributed by atoms with Crippen molar-refractivity contribution in [3.63, 3.8) is 0 Å². The average molecular weight is 247 g/mol. The van der Waals surface area contributed by atoms with E-state index in [0.29, 0.717) is 4.90 Å². The van der Waals surface area contributed by atoms with Crippen molar-refractivity contribution in [3.8, 4) is 0 Å². The monoisotopic (exact) mass is 245 g/mol. The fourth-order valence-corrected chi connectivity index (χ4v) is 1.51. The zero-order valence-corrected chi connectivity index (χ0v) is 8.60. The number of nitrogens with zero attached hydrogens (tertiary/aromatic N) is 1. The first-order valence-corrected chi connectivity index (χ1v) is 4.35. The number of carbonyl (C=O) groups excluding carboxylic acids is 2. The number of carbonyl (C=O) groups is 2. The van der Waals surface area contributed by atoms with Gasteiger partial charge in [-0.3, -0.25) is 9.59 Å². The molecule has 12 heavy (non-hydrogen) atoms. The number of halogens is 3. The smallest absolute Gasteiger partial charge is 0.274 e. The summed E-state index contributed by atoms with van der Waals surface area (Å²) in [5.41, 5.74) is 0. The SMILES string of the molecule is O=C1CC(=S)C(=O)N1C(Cl)(Cl)Cl. The summed E-state index contributed by atoms with van der Waals surface area (Å²) in [4.78, 5) is 22.6. The fraction of sp³-hybridized carbons (Fsp3) is 0.400. The van der Waals surface area contributed by atoms with E-state index in [-0.39, 0.29) is 11.3 Å². The quantitative estimate of drug-likeness (QED) is 0.281. The molecule has 0 aromatic heterocycles. The van der Waals surface area contributed by atoms with E-state index in [1.165, 1.54) is 0 Å². The van der Waals surface area contributed by atoms with E-state index in [2.05, 4.69) is 12.2 Å². The second kappa shape index (κ2) is 3.10. The van der Waals surface area contributed by atoms with E-state index < -0.39 is 15.7 Å². The number of amides is 2. The van der Waals surface area contributed by atoms with Crippen LogP contribution >= 0.6 is 47.0 Å². The summed E-state index contributed by atoms with van der Waals surface area (Å²) < 4.78 is -2.03. The van der Waals surface area contributed by atoms with E-state index in [4.69, 9.17) is 34.8 Å². The molecule has 0 aliphatic carbocycles. The van der Waals surface area contributed by atoms with E-state index in [1.807, 2.05) is 0 Å². The van der Waals surface area contributed by atoms with Gasteiger partial charge in [-0.25, -0.2) is 4.90 Å². The zero-order chi connectivity index (χ0) is 9.52. The van der Waals surface area contributed by atoms with Gasteiger partial charge in [0, 0.05) is 0 Å². The van der Waals surface area contributed by atoms with Crippen molar-refractivity contribution < 1.29 is 9.59 Å². The van der Waals surface area contributed by atoms with Crippen LogP contribution in [-0.4, -0.2) is 25.5 Å². The lowest BCUT2D eigenvalue weighted by molar-refractivity contribution is -0.137. The summed E-state index contributed by atoms with van der Waals surface area (Å²) in [5.74, 6) is -1.28. The second-order valence-electron chi connectivity index (χ2n) is 2.10. The van der Waals surface area contributed by atoms with Crippen molar-refractivity contribution in [3.05, 3.63) is 0 Å². The largest absolute Gasteiger partial charge is 0.277 e. The van der Waals surface area contributed by atoms with Crippen LogP contribution in [0, 0.1) is 0 Å². The van der Waals surface area contributed by atoms with Crippen LogP contribution in [0.25, 0.3) is 0 Å². The molecule has 1 saturated heterocycles. The highest BCUT2D eigenvalue weighted by atomic mass is 35.6. The third-order valence-corrected chi connectivity index (χ3v) is 2.08. The molecule has 0 atom stereocenters. The first-order chi connectivity index (χ1) is 5.34. The first kappa shape index (κ1) is 10.2. The highest BCUT2D eigenvalue weighted by Crippen LogP contribution is 2.34. The van der Waals surface area contributed by atoms with Gasteiger partial charge in [-0.15, -0.1) is 0 Å². The number of likely N-dealkylation sites (tertiary alicyclic amines) is 1. The highest BCUT2D eigenvalue weighted by Gasteiger charge is 2.45. The van der Waals surface area contributed by atoms with E-state index in [9.17, 15) is 9.59 Å². The summed E-state index contributed by atoms with van der Waals surface area (Å²) in [6, 6.07) is 0. The lowest BCUT2D eigenvalue weighted by Crippen LogP contribution is -2.40. The van der Waals surface area contributed by atoms with Gasteiger partial charge in [0.2, 0.25) is 5.91 Å². The van der Waals surface area contributed by atoms with Crippen LogP contribution in [0.3, 0.4) is 0 Å². The molecule has 2 amide bonds. The van der Waals surface area contributed by atoms with Gasteiger partial charge < -0.3 is 0 Å². The van der Waals surface area contributed by atoms with E-state index >= 15 is 0 Å². The molecule has 0 unspecified atom stereocenters. The molecule has 7 heteroatoms.